The lowest BCUT2D eigenvalue weighted by atomic mass is 9.97. The number of benzene rings is 2. The average Bonchev–Trinajstić information content (AvgIpc) is 3.18. The molecule has 26 heavy (non-hydrogen) atoms. The van der Waals surface area contributed by atoms with E-state index in [4.69, 9.17) is 11.3 Å². The number of hydrogen-bond donors (Lipinski definition) is 1. The van der Waals surface area contributed by atoms with E-state index >= 15 is 0 Å². The predicted octanol–water partition coefficient (Wildman–Crippen LogP) is 5.17. The molecule has 2 atom stereocenters. The number of amides is 2. The van der Waals surface area contributed by atoms with E-state index in [1.165, 1.54) is 0 Å². The summed E-state index contributed by atoms with van der Waals surface area (Å²) in [6.07, 6.45) is 1.70. The Kier molecular flexibility index (Phi) is 4.47. The van der Waals surface area contributed by atoms with Crippen molar-refractivity contribution in [2.24, 2.45) is 0 Å². The lowest BCUT2D eigenvalue weighted by Crippen LogP contribution is -2.27. The Morgan fingerprint density at radius 2 is 2.08 bits per heavy atom. The van der Waals surface area contributed by atoms with Crippen molar-refractivity contribution in [3.05, 3.63) is 63.4 Å². The van der Waals surface area contributed by atoms with Gasteiger partial charge >= 0.3 is 0 Å². The molecule has 1 fully saturated rings. The molecule has 0 aromatic heterocycles. The minimum absolute atomic E-state index is 0.0557. The Morgan fingerprint density at radius 3 is 2.77 bits per heavy atom. The fourth-order valence-electron chi connectivity index (χ4n) is 3.41. The second-order valence-electron chi connectivity index (χ2n) is 6.15. The van der Waals surface area contributed by atoms with Crippen LogP contribution in [0.5, 0.6) is 11.5 Å². The number of nitrogens with zero attached hydrogens (tertiary/aromatic N) is 1. The summed E-state index contributed by atoms with van der Waals surface area (Å²) in [6, 6.07) is 11.1. The van der Waals surface area contributed by atoms with Gasteiger partial charge in [-0.3, -0.25) is 14.9 Å². The predicted molar refractivity (Wildman–Crippen MR) is 103 cm³/mol. The van der Waals surface area contributed by atoms with Gasteiger partial charge in [0.2, 0.25) is 5.91 Å². The maximum Gasteiger partial charge on any atom is 0.286 e. The number of aryl methyl sites for hydroxylation is 1. The Hall–Kier alpha value is -2.30. The first-order chi connectivity index (χ1) is 12.5. The Morgan fingerprint density at radius 1 is 1.23 bits per heavy atom. The number of thioether (sulfide) groups is 1. The summed E-state index contributed by atoms with van der Waals surface area (Å²) in [5, 5.41) is 1.76. The fourth-order valence-corrected chi connectivity index (χ4v) is 4.86. The highest BCUT2D eigenvalue weighted by Gasteiger charge is 2.41. The zero-order valence-electron chi connectivity index (χ0n) is 13.5. The number of halogens is 1. The topological polar surface area (TPSA) is 59.8 Å². The first kappa shape index (κ1) is 17.1. The van der Waals surface area contributed by atoms with Gasteiger partial charge < -0.3 is 4.74 Å². The number of ether oxygens (including phenoxy) is 1. The van der Waals surface area contributed by atoms with Crippen molar-refractivity contribution in [2.75, 3.05) is 0 Å². The number of fused-ring (bicyclic) bond motifs is 1. The lowest BCUT2D eigenvalue weighted by Gasteiger charge is -2.16. The van der Waals surface area contributed by atoms with Gasteiger partial charge in [-0.15, -0.1) is 0 Å². The Bertz CT molecular complexity index is 970. The zero-order valence-corrected chi connectivity index (χ0v) is 15.9. The van der Waals surface area contributed by atoms with Crippen LogP contribution in [0.3, 0.4) is 0 Å². The van der Waals surface area contributed by atoms with E-state index in [2.05, 4.69) is 26.1 Å². The van der Waals surface area contributed by atoms with Gasteiger partial charge in [-0.05, 0) is 64.2 Å². The number of carbonyl (C=O) groups is 2. The van der Waals surface area contributed by atoms with Crippen LogP contribution >= 0.6 is 27.7 Å². The molecule has 130 valence electrons. The second-order valence-corrected chi connectivity index (χ2v) is 8.12. The molecule has 7 heteroatoms. The van der Waals surface area contributed by atoms with Gasteiger partial charge in [0.1, 0.15) is 16.7 Å². The normalized spacial score (nSPS) is 21.2. The van der Waals surface area contributed by atoms with E-state index in [9.17, 15) is 9.59 Å². The largest absolute Gasteiger partial charge is 0.456 e. The molecule has 2 aliphatic rings. The van der Waals surface area contributed by atoms with Crippen LogP contribution in [0.2, 0.25) is 0 Å². The first-order valence-corrected chi connectivity index (χ1v) is 9.71. The molecule has 1 aliphatic carbocycles. The maximum atomic E-state index is 12.0. The van der Waals surface area contributed by atoms with Crippen LogP contribution in [-0.4, -0.2) is 16.4 Å². The van der Waals surface area contributed by atoms with E-state index < -0.39 is 0 Å². The molecule has 1 N–H and O–H groups in total. The molecule has 0 spiro atoms. The molecular weight excluding hydrogens is 416 g/mol. The summed E-state index contributed by atoms with van der Waals surface area (Å²) < 4.78 is 6.67. The molecule has 1 saturated heterocycles. The minimum atomic E-state index is -0.342. The zero-order chi connectivity index (χ0) is 18.3. The molecule has 2 aromatic carbocycles. The van der Waals surface area contributed by atoms with Crippen molar-refractivity contribution in [2.45, 2.75) is 24.0 Å². The molecule has 1 unspecified atom stereocenters. The van der Waals surface area contributed by atoms with Crippen LogP contribution in [0, 0.1) is 6.57 Å². The van der Waals surface area contributed by atoms with Crippen molar-refractivity contribution < 1.29 is 14.3 Å². The van der Waals surface area contributed by atoms with Crippen molar-refractivity contribution in [1.82, 2.24) is 5.32 Å². The minimum Gasteiger partial charge on any atom is -0.456 e. The molecule has 4 rings (SSSR count). The lowest BCUT2D eigenvalue weighted by molar-refractivity contribution is -0.119. The van der Waals surface area contributed by atoms with Gasteiger partial charge in [-0.2, -0.15) is 0 Å². The summed E-state index contributed by atoms with van der Waals surface area (Å²) in [5.74, 6) is 1.21. The van der Waals surface area contributed by atoms with Crippen molar-refractivity contribution in [3.63, 3.8) is 0 Å². The highest BCUT2D eigenvalue weighted by atomic mass is 79.9. The molecule has 2 amide bonds. The fraction of sp³-hybridized carbons (Fsp3) is 0.211. The van der Waals surface area contributed by atoms with Gasteiger partial charge in [0, 0.05) is 10.4 Å². The van der Waals surface area contributed by atoms with E-state index in [1.807, 2.05) is 18.2 Å². The van der Waals surface area contributed by atoms with Gasteiger partial charge in [0.05, 0.1) is 6.57 Å². The van der Waals surface area contributed by atoms with Crippen LogP contribution in [0.15, 0.2) is 40.9 Å². The molecule has 0 saturated carbocycles. The molecular formula is C19H13BrN2O3S. The standard InChI is InChI=1S/C19H13BrN2O3S/c1-21-11-3-7-16(15(20)9-11)25-12-4-6-13-10(8-12)2-5-14(13)17-18(23)22-19(24)26-17/h3-4,6-9,14,17H,2,5H2,(H,22,23,24)/t14-,17?/m1/s1. The summed E-state index contributed by atoms with van der Waals surface area (Å²) in [7, 11) is 0. The van der Waals surface area contributed by atoms with Crippen LogP contribution in [-0.2, 0) is 11.2 Å². The number of carbonyl (C=O) groups excluding carboxylic acids is 2. The van der Waals surface area contributed by atoms with Crippen molar-refractivity contribution in [3.8, 4) is 11.5 Å². The van der Waals surface area contributed by atoms with Crippen LogP contribution in [0.25, 0.3) is 4.85 Å². The van der Waals surface area contributed by atoms with E-state index in [0.717, 1.165) is 40.2 Å². The highest BCUT2D eigenvalue weighted by Crippen LogP contribution is 2.43. The van der Waals surface area contributed by atoms with Gasteiger partial charge in [0.15, 0.2) is 5.69 Å². The van der Waals surface area contributed by atoms with Crippen molar-refractivity contribution in [1.29, 1.82) is 0 Å². The molecule has 0 radical (unpaired) electrons. The highest BCUT2D eigenvalue weighted by molar-refractivity contribution is 9.10. The second kappa shape index (κ2) is 6.78. The van der Waals surface area contributed by atoms with Crippen LogP contribution in [0.4, 0.5) is 10.5 Å². The van der Waals surface area contributed by atoms with E-state index in [1.54, 1.807) is 18.2 Å². The van der Waals surface area contributed by atoms with Crippen LogP contribution in [0.1, 0.15) is 23.5 Å². The summed E-state index contributed by atoms with van der Waals surface area (Å²) in [6.45, 7) is 7.04. The van der Waals surface area contributed by atoms with Gasteiger partial charge in [-0.25, -0.2) is 4.85 Å². The van der Waals surface area contributed by atoms with Crippen molar-refractivity contribution >= 4 is 44.5 Å². The van der Waals surface area contributed by atoms with Gasteiger partial charge in [0.25, 0.3) is 5.24 Å². The van der Waals surface area contributed by atoms with Crippen LogP contribution < -0.4 is 10.1 Å². The SMILES string of the molecule is [C-]#[N+]c1ccc(Oc2ccc3c(c2)CC[C@H]3C2SC(=O)NC2=O)c(Br)c1. The quantitative estimate of drug-likeness (QED) is 0.684. The Balaban J connectivity index is 1.56. The number of imide groups is 1. The summed E-state index contributed by atoms with van der Waals surface area (Å²) in [5.41, 5.74) is 2.80. The number of nitrogens with one attached hydrogen (secondary N) is 1. The van der Waals surface area contributed by atoms with E-state index in [0.29, 0.717) is 17.2 Å². The summed E-state index contributed by atoms with van der Waals surface area (Å²) in [4.78, 5) is 26.8. The third kappa shape index (κ3) is 3.11. The first-order valence-electron chi connectivity index (χ1n) is 8.04. The monoisotopic (exact) mass is 428 g/mol. The third-order valence-electron chi connectivity index (χ3n) is 4.59. The smallest absolute Gasteiger partial charge is 0.286 e. The third-order valence-corrected chi connectivity index (χ3v) is 6.33. The average molecular weight is 429 g/mol. The number of rotatable bonds is 3. The Labute approximate surface area is 163 Å². The molecule has 0 bridgehead atoms. The van der Waals surface area contributed by atoms with E-state index in [-0.39, 0.29) is 22.3 Å². The molecule has 5 nitrogen and oxygen atoms in total. The maximum absolute atomic E-state index is 12.0. The van der Waals surface area contributed by atoms with Gasteiger partial charge in [-0.1, -0.05) is 23.9 Å². The molecule has 1 heterocycles. The number of hydrogen-bond acceptors (Lipinski definition) is 4. The molecule has 1 aliphatic heterocycles. The molecule has 2 aromatic rings. The summed E-state index contributed by atoms with van der Waals surface area (Å²) >= 11 is 4.51.